The highest BCUT2D eigenvalue weighted by Gasteiger charge is 2.41. The van der Waals surface area contributed by atoms with Gasteiger partial charge in [-0.15, -0.1) is 0 Å². The maximum atomic E-state index is 13.0. The van der Waals surface area contributed by atoms with E-state index in [0.717, 1.165) is 44.8 Å². The predicted octanol–water partition coefficient (Wildman–Crippen LogP) is 3.55. The number of ether oxygens (including phenoxy) is 1. The SMILES string of the molecule is CC(NC(=O)c1cc(N2CCOCC2)ccn1)C1(c2ccccc2)CCCC1. The van der Waals surface area contributed by atoms with Crippen LogP contribution in [-0.2, 0) is 10.2 Å². The molecule has 1 atom stereocenters. The third-order valence-electron chi connectivity index (χ3n) is 6.37. The highest BCUT2D eigenvalue weighted by Crippen LogP contribution is 2.43. The molecule has 5 heteroatoms. The quantitative estimate of drug-likeness (QED) is 0.863. The van der Waals surface area contributed by atoms with Crippen molar-refractivity contribution >= 4 is 11.6 Å². The number of nitrogens with zero attached hydrogens (tertiary/aromatic N) is 2. The molecule has 2 aromatic rings. The van der Waals surface area contributed by atoms with Crippen LogP contribution in [0.2, 0.25) is 0 Å². The van der Waals surface area contributed by atoms with Crippen LogP contribution < -0.4 is 10.2 Å². The van der Waals surface area contributed by atoms with E-state index in [9.17, 15) is 4.79 Å². The minimum Gasteiger partial charge on any atom is -0.378 e. The van der Waals surface area contributed by atoms with Gasteiger partial charge in [0.2, 0.25) is 0 Å². The summed E-state index contributed by atoms with van der Waals surface area (Å²) in [6.45, 7) is 5.28. The lowest BCUT2D eigenvalue weighted by Crippen LogP contribution is -2.47. The van der Waals surface area contributed by atoms with E-state index in [1.165, 1.54) is 18.4 Å². The lowest BCUT2D eigenvalue weighted by atomic mass is 9.73. The minimum atomic E-state index is -0.0928. The van der Waals surface area contributed by atoms with Gasteiger partial charge in [0, 0.05) is 36.4 Å². The summed E-state index contributed by atoms with van der Waals surface area (Å²) in [5, 5.41) is 3.26. The fraction of sp³-hybridized carbons (Fsp3) is 0.478. The van der Waals surface area contributed by atoms with Crippen molar-refractivity contribution in [1.82, 2.24) is 10.3 Å². The van der Waals surface area contributed by atoms with Crippen molar-refractivity contribution in [3.8, 4) is 0 Å². The summed E-state index contributed by atoms with van der Waals surface area (Å²) in [7, 11) is 0. The van der Waals surface area contributed by atoms with E-state index >= 15 is 0 Å². The fourth-order valence-corrected chi connectivity index (χ4v) is 4.72. The number of carbonyl (C=O) groups is 1. The molecule has 1 aliphatic carbocycles. The Bertz CT molecular complexity index is 797. The molecule has 0 bridgehead atoms. The average Bonchev–Trinajstić information content (AvgIpc) is 3.26. The molecule has 1 N–H and O–H groups in total. The van der Waals surface area contributed by atoms with E-state index in [-0.39, 0.29) is 17.4 Å². The topological polar surface area (TPSA) is 54.5 Å². The van der Waals surface area contributed by atoms with Crippen molar-refractivity contribution in [3.63, 3.8) is 0 Å². The van der Waals surface area contributed by atoms with E-state index < -0.39 is 0 Å². The maximum Gasteiger partial charge on any atom is 0.270 e. The van der Waals surface area contributed by atoms with Crippen LogP contribution >= 0.6 is 0 Å². The number of anilines is 1. The summed E-state index contributed by atoms with van der Waals surface area (Å²) in [4.78, 5) is 19.6. The number of pyridine rings is 1. The van der Waals surface area contributed by atoms with Gasteiger partial charge in [0.25, 0.3) is 5.91 Å². The van der Waals surface area contributed by atoms with Crippen LogP contribution in [0.25, 0.3) is 0 Å². The van der Waals surface area contributed by atoms with Crippen LogP contribution in [-0.4, -0.2) is 43.2 Å². The fourth-order valence-electron chi connectivity index (χ4n) is 4.72. The Labute approximate surface area is 167 Å². The summed E-state index contributed by atoms with van der Waals surface area (Å²) in [5.74, 6) is -0.0928. The number of aromatic nitrogens is 1. The van der Waals surface area contributed by atoms with Gasteiger partial charge in [-0.3, -0.25) is 9.78 Å². The predicted molar refractivity (Wildman–Crippen MR) is 111 cm³/mol. The van der Waals surface area contributed by atoms with E-state index in [2.05, 4.69) is 52.5 Å². The smallest absolute Gasteiger partial charge is 0.270 e. The third kappa shape index (κ3) is 3.76. The van der Waals surface area contributed by atoms with Crippen LogP contribution in [0.3, 0.4) is 0 Å². The number of hydrogen-bond donors (Lipinski definition) is 1. The second-order valence-electron chi connectivity index (χ2n) is 7.92. The molecule has 2 heterocycles. The van der Waals surface area contributed by atoms with Crippen molar-refractivity contribution in [2.24, 2.45) is 0 Å². The first-order valence-electron chi connectivity index (χ1n) is 10.3. The van der Waals surface area contributed by atoms with Gasteiger partial charge in [0.05, 0.1) is 13.2 Å². The normalized spacial score (nSPS) is 20.0. The van der Waals surface area contributed by atoms with E-state index in [1.807, 2.05) is 12.1 Å². The number of amides is 1. The molecule has 4 rings (SSSR count). The molecule has 1 unspecified atom stereocenters. The van der Waals surface area contributed by atoms with Gasteiger partial charge in [0.15, 0.2) is 0 Å². The van der Waals surface area contributed by atoms with Crippen molar-refractivity contribution < 1.29 is 9.53 Å². The lowest BCUT2D eigenvalue weighted by molar-refractivity contribution is 0.0913. The highest BCUT2D eigenvalue weighted by atomic mass is 16.5. The van der Waals surface area contributed by atoms with Gasteiger partial charge in [-0.1, -0.05) is 43.2 Å². The molecule has 1 saturated carbocycles. The Morgan fingerprint density at radius 2 is 1.86 bits per heavy atom. The number of hydrogen-bond acceptors (Lipinski definition) is 4. The number of carbonyl (C=O) groups excluding carboxylic acids is 1. The van der Waals surface area contributed by atoms with Crippen molar-refractivity contribution in [1.29, 1.82) is 0 Å². The molecule has 2 fully saturated rings. The first kappa shape index (κ1) is 18.9. The summed E-state index contributed by atoms with van der Waals surface area (Å²) in [6.07, 6.45) is 6.37. The lowest BCUT2D eigenvalue weighted by Gasteiger charge is -2.36. The van der Waals surface area contributed by atoms with Gasteiger partial charge >= 0.3 is 0 Å². The third-order valence-corrected chi connectivity index (χ3v) is 6.37. The summed E-state index contributed by atoms with van der Waals surface area (Å²) in [6, 6.07) is 14.6. The monoisotopic (exact) mass is 379 g/mol. The molecule has 0 spiro atoms. The Kier molecular flexibility index (Phi) is 5.62. The molecule has 148 valence electrons. The molecule has 1 aromatic heterocycles. The molecule has 1 amide bonds. The van der Waals surface area contributed by atoms with Crippen LogP contribution in [0.15, 0.2) is 48.7 Å². The molecular formula is C23H29N3O2. The zero-order valence-electron chi connectivity index (χ0n) is 16.6. The Hall–Kier alpha value is -2.40. The summed E-state index contributed by atoms with van der Waals surface area (Å²) < 4.78 is 5.43. The largest absolute Gasteiger partial charge is 0.378 e. The van der Waals surface area contributed by atoms with Crippen molar-refractivity contribution in [3.05, 3.63) is 59.9 Å². The Morgan fingerprint density at radius 1 is 1.14 bits per heavy atom. The number of benzene rings is 1. The first-order chi connectivity index (χ1) is 13.7. The molecule has 1 saturated heterocycles. The molecular weight excluding hydrogens is 350 g/mol. The molecule has 5 nitrogen and oxygen atoms in total. The van der Waals surface area contributed by atoms with E-state index in [1.54, 1.807) is 6.20 Å². The second-order valence-corrected chi connectivity index (χ2v) is 7.92. The van der Waals surface area contributed by atoms with Crippen LogP contribution in [0, 0.1) is 0 Å². The Balaban J connectivity index is 1.51. The zero-order valence-corrected chi connectivity index (χ0v) is 16.6. The number of rotatable bonds is 5. The van der Waals surface area contributed by atoms with Crippen LogP contribution in [0.4, 0.5) is 5.69 Å². The molecule has 1 aromatic carbocycles. The second kappa shape index (κ2) is 8.31. The van der Waals surface area contributed by atoms with Crippen LogP contribution in [0.5, 0.6) is 0 Å². The van der Waals surface area contributed by atoms with Gasteiger partial charge in [-0.2, -0.15) is 0 Å². The van der Waals surface area contributed by atoms with Gasteiger partial charge in [-0.05, 0) is 37.5 Å². The number of morpholine rings is 1. The van der Waals surface area contributed by atoms with Gasteiger partial charge in [-0.25, -0.2) is 0 Å². The Morgan fingerprint density at radius 3 is 2.57 bits per heavy atom. The van der Waals surface area contributed by atoms with Gasteiger partial charge in [0.1, 0.15) is 5.69 Å². The standard InChI is InChI=1S/C23H29N3O2/c1-18(23(10-5-6-11-23)19-7-3-2-4-8-19)25-22(27)21-17-20(9-12-24-21)26-13-15-28-16-14-26/h2-4,7-9,12,17-18H,5-6,10-11,13-16H2,1H3,(H,25,27). The zero-order chi connectivity index (χ0) is 19.4. The minimum absolute atomic E-state index is 0.0126. The highest BCUT2D eigenvalue weighted by molar-refractivity contribution is 5.93. The van der Waals surface area contributed by atoms with Crippen molar-refractivity contribution in [2.45, 2.75) is 44.1 Å². The average molecular weight is 380 g/mol. The molecule has 0 radical (unpaired) electrons. The number of nitrogens with one attached hydrogen (secondary N) is 1. The molecule has 1 aliphatic heterocycles. The molecule has 28 heavy (non-hydrogen) atoms. The van der Waals surface area contributed by atoms with E-state index in [0.29, 0.717) is 5.69 Å². The summed E-state index contributed by atoms with van der Waals surface area (Å²) >= 11 is 0. The van der Waals surface area contributed by atoms with Crippen LogP contribution in [0.1, 0.15) is 48.7 Å². The maximum absolute atomic E-state index is 13.0. The molecule has 2 aliphatic rings. The summed E-state index contributed by atoms with van der Waals surface area (Å²) in [5.41, 5.74) is 2.86. The van der Waals surface area contributed by atoms with Gasteiger partial charge < -0.3 is 15.0 Å². The first-order valence-corrected chi connectivity index (χ1v) is 10.3. The van der Waals surface area contributed by atoms with E-state index in [4.69, 9.17) is 4.74 Å². The van der Waals surface area contributed by atoms with Crippen molar-refractivity contribution in [2.75, 3.05) is 31.2 Å².